The summed E-state index contributed by atoms with van der Waals surface area (Å²) in [6.07, 6.45) is 1.56. The molecule has 0 bridgehead atoms. The second kappa shape index (κ2) is 5.63. The van der Waals surface area contributed by atoms with E-state index in [1.165, 1.54) is 18.2 Å². The summed E-state index contributed by atoms with van der Waals surface area (Å²) in [7, 11) is -4.49. The summed E-state index contributed by atoms with van der Waals surface area (Å²) in [6, 6.07) is 7.89. The summed E-state index contributed by atoms with van der Waals surface area (Å²) >= 11 is 0. The first kappa shape index (κ1) is 14.2. The van der Waals surface area contributed by atoms with Gasteiger partial charge in [-0.15, -0.1) is 0 Å². The van der Waals surface area contributed by atoms with Gasteiger partial charge in [0.25, 0.3) is 10.1 Å². The first-order chi connectivity index (χ1) is 8.43. The summed E-state index contributed by atoms with van der Waals surface area (Å²) in [6.45, 7) is 1.96. The molecule has 0 aliphatic carbocycles. The Morgan fingerprint density at radius 3 is 2.50 bits per heavy atom. The van der Waals surface area contributed by atoms with Gasteiger partial charge in [-0.2, -0.15) is 18.9 Å². The van der Waals surface area contributed by atoms with E-state index in [1.807, 2.05) is 13.0 Å². The molecule has 0 aliphatic rings. The normalized spacial score (nSPS) is 12.4. The third-order valence-electron chi connectivity index (χ3n) is 2.49. The summed E-state index contributed by atoms with van der Waals surface area (Å²) in [5.74, 6) is 0. The molecule has 6 heteroatoms. The van der Waals surface area contributed by atoms with Crippen LogP contribution < -0.4 is 0 Å². The van der Waals surface area contributed by atoms with Gasteiger partial charge in [0.1, 0.15) is 0 Å². The van der Waals surface area contributed by atoms with Gasteiger partial charge in [0.15, 0.2) is 5.25 Å². The molecule has 18 heavy (non-hydrogen) atoms. The highest BCUT2D eigenvalue weighted by atomic mass is 32.2. The molecule has 0 spiro atoms. The fourth-order valence-corrected chi connectivity index (χ4v) is 2.29. The van der Waals surface area contributed by atoms with Crippen LogP contribution in [0.4, 0.5) is 0 Å². The lowest BCUT2D eigenvalue weighted by molar-refractivity contribution is 0.477. The Kier molecular flexibility index (Phi) is 4.43. The summed E-state index contributed by atoms with van der Waals surface area (Å²) in [5.41, 5.74) is 1.24. The van der Waals surface area contributed by atoms with Crippen LogP contribution in [0.1, 0.15) is 35.3 Å². The number of nitriles is 2. The van der Waals surface area contributed by atoms with E-state index in [9.17, 15) is 8.42 Å². The van der Waals surface area contributed by atoms with Crippen LogP contribution in [-0.2, 0) is 16.5 Å². The van der Waals surface area contributed by atoms with Crippen molar-refractivity contribution in [3.63, 3.8) is 0 Å². The average Bonchev–Trinajstić information content (AvgIpc) is 2.30. The van der Waals surface area contributed by atoms with E-state index in [-0.39, 0.29) is 5.56 Å². The Morgan fingerprint density at radius 2 is 2.06 bits per heavy atom. The Balaban J connectivity index is 3.30. The molecule has 0 saturated carbocycles. The molecule has 1 rings (SSSR count). The molecule has 0 radical (unpaired) electrons. The van der Waals surface area contributed by atoms with E-state index in [1.54, 1.807) is 6.07 Å². The molecule has 1 unspecified atom stereocenters. The minimum Gasteiger partial charge on any atom is -0.284 e. The third kappa shape index (κ3) is 3.07. The van der Waals surface area contributed by atoms with Gasteiger partial charge in [0.05, 0.1) is 17.7 Å². The van der Waals surface area contributed by atoms with Gasteiger partial charge in [0.2, 0.25) is 0 Å². The SMILES string of the molecule is CCCc1ccc(C(C#N)S(=O)(=O)O)cc1C#N. The van der Waals surface area contributed by atoms with E-state index < -0.39 is 15.4 Å². The van der Waals surface area contributed by atoms with Crippen molar-refractivity contribution in [1.82, 2.24) is 0 Å². The van der Waals surface area contributed by atoms with E-state index in [4.69, 9.17) is 15.1 Å². The van der Waals surface area contributed by atoms with Crippen molar-refractivity contribution in [2.45, 2.75) is 25.0 Å². The second-order valence-electron chi connectivity index (χ2n) is 3.80. The highest BCUT2D eigenvalue weighted by Crippen LogP contribution is 2.23. The van der Waals surface area contributed by atoms with Crippen LogP contribution in [-0.4, -0.2) is 13.0 Å². The van der Waals surface area contributed by atoms with Crippen molar-refractivity contribution in [2.24, 2.45) is 0 Å². The van der Waals surface area contributed by atoms with Crippen LogP contribution in [0.25, 0.3) is 0 Å². The lowest BCUT2D eigenvalue weighted by Gasteiger charge is -2.09. The summed E-state index contributed by atoms with van der Waals surface area (Å²) in [4.78, 5) is 0. The molecule has 5 nitrogen and oxygen atoms in total. The molecule has 94 valence electrons. The lowest BCUT2D eigenvalue weighted by Crippen LogP contribution is -2.10. The number of hydrogen-bond acceptors (Lipinski definition) is 4. The van der Waals surface area contributed by atoms with Crippen LogP contribution in [0.5, 0.6) is 0 Å². The van der Waals surface area contributed by atoms with Crippen LogP contribution in [0, 0.1) is 22.7 Å². The predicted octanol–water partition coefficient (Wildman–Crippen LogP) is 1.96. The number of benzene rings is 1. The number of nitrogens with zero attached hydrogens (tertiary/aromatic N) is 2. The molecular weight excluding hydrogens is 252 g/mol. The van der Waals surface area contributed by atoms with Crippen molar-refractivity contribution < 1.29 is 13.0 Å². The van der Waals surface area contributed by atoms with Gasteiger partial charge < -0.3 is 0 Å². The molecule has 0 saturated heterocycles. The molecule has 1 N–H and O–H groups in total. The molecule has 1 aromatic rings. The second-order valence-corrected chi connectivity index (χ2v) is 5.30. The molecule has 0 fully saturated rings. The maximum Gasteiger partial charge on any atom is 0.285 e. The van der Waals surface area contributed by atoms with Gasteiger partial charge in [-0.05, 0) is 23.6 Å². The van der Waals surface area contributed by atoms with Crippen LogP contribution in [0.15, 0.2) is 18.2 Å². The Bertz CT molecular complexity index is 624. The van der Waals surface area contributed by atoms with Gasteiger partial charge >= 0.3 is 0 Å². The van der Waals surface area contributed by atoms with Crippen LogP contribution in [0.3, 0.4) is 0 Å². The third-order valence-corrected chi connectivity index (χ3v) is 3.46. The van der Waals surface area contributed by atoms with E-state index in [0.717, 1.165) is 12.0 Å². The summed E-state index contributed by atoms with van der Waals surface area (Å²) in [5, 5.41) is 16.1. The summed E-state index contributed by atoms with van der Waals surface area (Å²) < 4.78 is 31.0. The maximum absolute atomic E-state index is 11.0. The highest BCUT2D eigenvalue weighted by Gasteiger charge is 2.25. The fraction of sp³-hybridized carbons (Fsp3) is 0.333. The topological polar surface area (TPSA) is 102 Å². The minimum absolute atomic E-state index is 0.108. The van der Waals surface area contributed by atoms with Crippen molar-refractivity contribution >= 4 is 10.1 Å². The van der Waals surface area contributed by atoms with E-state index in [0.29, 0.717) is 12.0 Å². The Labute approximate surface area is 106 Å². The molecule has 0 heterocycles. The smallest absolute Gasteiger partial charge is 0.284 e. The molecule has 0 aromatic heterocycles. The monoisotopic (exact) mass is 264 g/mol. The van der Waals surface area contributed by atoms with Gasteiger partial charge in [-0.1, -0.05) is 25.5 Å². The van der Waals surface area contributed by atoms with E-state index >= 15 is 0 Å². The van der Waals surface area contributed by atoms with Crippen LogP contribution >= 0.6 is 0 Å². The average molecular weight is 264 g/mol. The van der Waals surface area contributed by atoms with Gasteiger partial charge in [-0.25, -0.2) is 0 Å². The zero-order chi connectivity index (χ0) is 13.8. The molecular formula is C12H12N2O3S. The molecule has 0 aliphatic heterocycles. The maximum atomic E-state index is 11.0. The highest BCUT2D eigenvalue weighted by molar-refractivity contribution is 7.86. The molecule has 1 aromatic carbocycles. The number of rotatable bonds is 4. The number of aryl methyl sites for hydroxylation is 1. The van der Waals surface area contributed by atoms with Crippen molar-refractivity contribution in [1.29, 1.82) is 10.5 Å². The van der Waals surface area contributed by atoms with Crippen molar-refractivity contribution in [2.75, 3.05) is 0 Å². The zero-order valence-electron chi connectivity index (χ0n) is 9.79. The largest absolute Gasteiger partial charge is 0.285 e. The molecule has 1 atom stereocenters. The van der Waals surface area contributed by atoms with Crippen molar-refractivity contribution in [3.8, 4) is 12.1 Å². The minimum atomic E-state index is -4.49. The first-order valence-corrected chi connectivity index (χ1v) is 6.83. The number of hydrogen-bond donors (Lipinski definition) is 1. The zero-order valence-corrected chi connectivity index (χ0v) is 10.6. The lowest BCUT2D eigenvalue weighted by atomic mass is 10.00. The van der Waals surface area contributed by atoms with Crippen LogP contribution in [0.2, 0.25) is 0 Å². The van der Waals surface area contributed by atoms with E-state index in [2.05, 4.69) is 0 Å². The predicted molar refractivity (Wildman–Crippen MR) is 65.1 cm³/mol. The van der Waals surface area contributed by atoms with Crippen molar-refractivity contribution in [3.05, 3.63) is 34.9 Å². The fourth-order valence-electron chi connectivity index (χ4n) is 1.66. The first-order valence-electron chi connectivity index (χ1n) is 5.32. The molecule has 0 amide bonds. The van der Waals surface area contributed by atoms with Gasteiger partial charge in [-0.3, -0.25) is 4.55 Å². The quantitative estimate of drug-likeness (QED) is 0.837. The van der Waals surface area contributed by atoms with Gasteiger partial charge in [0, 0.05) is 0 Å². The Morgan fingerprint density at radius 1 is 1.39 bits per heavy atom. The standard InChI is InChI=1S/C12H12N2O3S/c1-2-3-9-4-5-10(6-11(9)7-13)12(8-14)18(15,16)17/h4-6,12H,2-3H2,1H3,(H,15,16,17). The Hall–Kier alpha value is -1.89.